The van der Waals surface area contributed by atoms with E-state index in [1.54, 1.807) is 6.26 Å². The van der Waals surface area contributed by atoms with Crippen LogP contribution in [0.5, 0.6) is 0 Å². The van der Waals surface area contributed by atoms with Gasteiger partial charge in [-0.3, -0.25) is 4.79 Å². The number of nitrogens with one attached hydrogen (secondary N) is 1. The van der Waals surface area contributed by atoms with Crippen molar-refractivity contribution in [2.75, 3.05) is 31.2 Å². The summed E-state index contributed by atoms with van der Waals surface area (Å²) in [5, 5.41) is 3.20. The number of morpholine rings is 1. The van der Waals surface area contributed by atoms with E-state index in [9.17, 15) is 4.79 Å². The molecule has 2 aromatic rings. The number of carbonyl (C=O) groups is 1. The summed E-state index contributed by atoms with van der Waals surface area (Å²) in [4.78, 5) is 24.2. The smallest absolute Gasteiger partial charge is 0.225 e. The molecule has 3 heterocycles. The van der Waals surface area contributed by atoms with E-state index in [1.165, 1.54) is 0 Å². The first-order valence-electron chi connectivity index (χ1n) is 10.0. The highest BCUT2D eigenvalue weighted by Gasteiger charge is 2.35. The van der Waals surface area contributed by atoms with Gasteiger partial charge in [0.1, 0.15) is 5.76 Å². The van der Waals surface area contributed by atoms with E-state index in [-0.39, 0.29) is 17.4 Å². The molecule has 1 amide bonds. The molecule has 0 saturated carbocycles. The Morgan fingerprint density at radius 2 is 2.18 bits per heavy atom. The summed E-state index contributed by atoms with van der Waals surface area (Å²) in [7, 11) is 0. The molecule has 1 atom stereocenters. The third-order valence-corrected chi connectivity index (χ3v) is 5.47. The number of aryl methyl sites for hydroxylation is 1. The van der Waals surface area contributed by atoms with Crippen molar-refractivity contribution in [1.82, 2.24) is 15.3 Å². The second-order valence-electron chi connectivity index (χ2n) is 8.42. The van der Waals surface area contributed by atoms with Crippen molar-refractivity contribution in [3.8, 4) is 0 Å². The van der Waals surface area contributed by atoms with Gasteiger partial charge in [-0.2, -0.15) is 0 Å². The Morgan fingerprint density at radius 1 is 1.36 bits per heavy atom. The summed E-state index contributed by atoms with van der Waals surface area (Å²) in [6, 6.07) is 3.69. The van der Waals surface area contributed by atoms with Crippen molar-refractivity contribution in [1.29, 1.82) is 0 Å². The third-order valence-electron chi connectivity index (χ3n) is 5.47. The van der Waals surface area contributed by atoms with E-state index in [4.69, 9.17) is 14.1 Å². The van der Waals surface area contributed by atoms with Gasteiger partial charge in [-0.25, -0.2) is 9.97 Å². The predicted molar refractivity (Wildman–Crippen MR) is 105 cm³/mol. The molecule has 1 saturated heterocycles. The van der Waals surface area contributed by atoms with Crippen LogP contribution in [0.25, 0.3) is 0 Å². The van der Waals surface area contributed by atoms with Crippen LogP contribution in [0.3, 0.4) is 0 Å². The molecule has 7 heteroatoms. The summed E-state index contributed by atoms with van der Waals surface area (Å²) in [6.07, 6.45) is 6.32. The lowest BCUT2D eigenvalue weighted by atomic mass is 9.74. The number of carbonyl (C=O) groups excluding carboxylic acids is 1. The maximum Gasteiger partial charge on any atom is 0.225 e. The first-order valence-corrected chi connectivity index (χ1v) is 10.0. The molecule has 0 bridgehead atoms. The van der Waals surface area contributed by atoms with E-state index in [1.807, 2.05) is 18.3 Å². The summed E-state index contributed by atoms with van der Waals surface area (Å²) < 4.78 is 10.7. The predicted octanol–water partition coefficient (Wildman–Crippen LogP) is 2.67. The number of ether oxygens (including phenoxy) is 1. The fourth-order valence-corrected chi connectivity index (χ4v) is 4.04. The monoisotopic (exact) mass is 384 g/mol. The number of furan rings is 1. The average molecular weight is 384 g/mol. The highest BCUT2D eigenvalue weighted by atomic mass is 16.5. The van der Waals surface area contributed by atoms with Crippen molar-refractivity contribution in [2.24, 2.45) is 5.41 Å². The van der Waals surface area contributed by atoms with Crippen LogP contribution < -0.4 is 10.2 Å². The SMILES string of the molecule is CC1(C)Cc2nc(N3CCOCC3)ncc2[C@@H](NC(=O)CCc2ccco2)C1. The van der Waals surface area contributed by atoms with Gasteiger partial charge >= 0.3 is 0 Å². The number of rotatable bonds is 5. The van der Waals surface area contributed by atoms with Gasteiger partial charge in [0.2, 0.25) is 11.9 Å². The first kappa shape index (κ1) is 18.9. The zero-order valence-electron chi connectivity index (χ0n) is 16.6. The van der Waals surface area contributed by atoms with Gasteiger partial charge in [-0.05, 0) is 30.4 Å². The lowest BCUT2D eigenvalue weighted by molar-refractivity contribution is -0.122. The number of nitrogens with zero attached hydrogens (tertiary/aromatic N) is 3. The van der Waals surface area contributed by atoms with Crippen LogP contribution in [0.15, 0.2) is 29.0 Å². The van der Waals surface area contributed by atoms with Gasteiger partial charge in [0, 0.05) is 37.7 Å². The Balaban J connectivity index is 1.48. The van der Waals surface area contributed by atoms with E-state index in [0.29, 0.717) is 26.1 Å². The van der Waals surface area contributed by atoms with Crippen LogP contribution in [-0.4, -0.2) is 42.2 Å². The zero-order chi connectivity index (χ0) is 19.6. The summed E-state index contributed by atoms with van der Waals surface area (Å²) >= 11 is 0. The maximum absolute atomic E-state index is 12.5. The molecule has 0 spiro atoms. The maximum atomic E-state index is 12.5. The van der Waals surface area contributed by atoms with E-state index < -0.39 is 0 Å². The van der Waals surface area contributed by atoms with Gasteiger partial charge in [0.05, 0.1) is 31.2 Å². The lowest BCUT2D eigenvalue weighted by Crippen LogP contribution is -2.39. The molecule has 1 aliphatic heterocycles. The minimum Gasteiger partial charge on any atom is -0.469 e. The van der Waals surface area contributed by atoms with E-state index in [0.717, 1.165) is 48.9 Å². The largest absolute Gasteiger partial charge is 0.469 e. The van der Waals surface area contributed by atoms with E-state index >= 15 is 0 Å². The first-order chi connectivity index (χ1) is 13.5. The van der Waals surface area contributed by atoms with Gasteiger partial charge in [0.25, 0.3) is 0 Å². The molecule has 0 radical (unpaired) electrons. The van der Waals surface area contributed by atoms with Crippen LogP contribution in [0.4, 0.5) is 5.95 Å². The third kappa shape index (κ3) is 4.35. The van der Waals surface area contributed by atoms with Crippen LogP contribution in [0.2, 0.25) is 0 Å². The molecule has 2 aromatic heterocycles. The molecule has 28 heavy (non-hydrogen) atoms. The van der Waals surface area contributed by atoms with Gasteiger partial charge in [0.15, 0.2) is 0 Å². The Morgan fingerprint density at radius 3 is 2.93 bits per heavy atom. The number of anilines is 1. The molecular weight excluding hydrogens is 356 g/mol. The Kier molecular flexibility index (Phi) is 5.35. The quantitative estimate of drug-likeness (QED) is 0.854. The topological polar surface area (TPSA) is 80.5 Å². The van der Waals surface area contributed by atoms with Gasteiger partial charge in [-0.15, -0.1) is 0 Å². The van der Waals surface area contributed by atoms with Crippen LogP contribution in [0.1, 0.15) is 49.7 Å². The standard InChI is InChI=1S/C21H28N4O3/c1-21(2)12-17(23-19(26)6-5-15-4-3-9-28-15)16-14-22-20(24-18(16)13-21)25-7-10-27-11-8-25/h3-4,9,14,17H,5-8,10-13H2,1-2H3,(H,23,26)/t17-/m0/s1. The molecule has 4 rings (SSSR count). The molecule has 1 aliphatic carbocycles. The van der Waals surface area contributed by atoms with Crippen LogP contribution in [0, 0.1) is 5.41 Å². The number of amides is 1. The van der Waals surface area contributed by atoms with E-state index in [2.05, 4.69) is 29.0 Å². The normalized spacial score (nSPS) is 21.2. The van der Waals surface area contributed by atoms with Crippen LogP contribution in [-0.2, 0) is 22.4 Å². The second kappa shape index (κ2) is 7.91. The molecule has 1 fully saturated rings. The molecule has 0 unspecified atom stereocenters. The summed E-state index contributed by atoms with van der Waals surface area (Å²) in [5.41, 5.74) is 2.16. The average Bonchev–Trinajstić information content (AvgIpc) is 3.19. The van der Waals surface area contributed by atoms with Crippen molar-refractivity contribution in [3.63, 3.8) is 0 Å². The molecular formula is C21H28N4O3. The Hall–Kier alpha value is -2.41. The van der Waals surface area contributed by atoms with Crippen molar-refractivity contribution in [3.05, 3.63) is 41.6 Å². The molecule has 150 valence electrons. The van der Waals surface area contributed by atoms with Crippen molar-refractivity contribution in [2.45, 2.75) is 45.6 Å². The molecule has 0 aromatic carbocycles. The molecule has 1 N–H and O–H groups in total. The Labute approximate surface area is 165 Å². The highest BCUT2D eigenvalue weighted by molar-refractivity contribution is 5.76. The van der Waals surface area contributed by atoms with Crippen molar-refractivity contribution < 1.29 is 13.9 Å². The van der Waals surface area contributed by atoms with Crippen LogP contribution >= 0.6 is 0 Å². The number of hydrogen-bond donors (Lipinski definition) is 1. The lowest BCUT2D eigenvalue weighted by Gasteiger charge is -2.37. The fraction of sp³-hybridized carbons (Fsp3) is 0.571. The minimum atomic E-state index is -0.0541. The Bertz CT molecular complexity index is 813. The van der Waals surface area contributed by atoms with Gasteiger partial charge < -0.3 is 19.4 Å². The molecule has 2 aliphatic rings. The summed E-state index contributed by atoms with van der Waals surface area (Å²) in [6.45, 7) is 7.51. The molecule has 7 nitrogen and oxygen atoms in total. The number of fused-ring (bicyclic) bond motifs is 1. The number of aromatic nitrogens is 2. The van der Waals surface area contributed by atoms with Gasteiger partial charge in [-0.1, -0.05) is 13.8 Å². The number of hydrogen-bond acceptors (Lipinski definition) is 6. The highest BCUT2D eigenvalue weighted by Crippen LogP contribution is 2.40. The minimum absolute atomic E-state index is 0.0299. The fourth-order valence-electron chi connectivity index (χ4n) is 4.04. The second-order valence-corrected chi connectivity index (χ2v) is 8.42. The zero-order valence-corrected chi connectivity index (χ0v) is 16.6. The summed E-state index contributed by atoms with van der Waals surface area (Å²) in [5.74, 6) is 1.63. The van der Waals surface area contributed by atoms with Crippen molar-refractivity contribution >= 4 is 11.9 Å².